The van der Waals surface area contributed by atoms with Crippen LogP contribution >= 0.6 is 0 Å². The number of rotatable bonds is 33. The van der Waals surface area contributed by atoms with Gasteiger partial charge in [0.1, 0.15) is 23.5 Å². The van der Waals surface area contributed by atoms with E-state index in [1.165, 1.54) is 12.8 Å². The van der Waals surface area contributed by atoms with Crippen LogP contribution in [0.4, 0.5) is 0 Å². The van der Waals surface area contributed by atoms with E-state index in [-0.39, 0.29) is 11.8 Å². The highest BCUT2D eigenvalue weighted by molar-refractivity contribution is 6.61. The number of carbonyl (C=O) groups excluding carboxylic acids is 3. The molecule has 1 heterocycles. The minimum absolute atomic E-state index is 0.156. The molecule has 0 N–H and O–H groups in total. The first-order valence-electron chi connectivity index (χ1n) is 22.3. The van der Waals surface area contributed by atoms with Crippen LogP contribution in [0.25, 0.3) is 0 Å². The Morgan fingerprint density at radius 3 is 1.17 bits per heavy atom. The van der Waals surface area contributed by atoms with Gasteiger partial charge in [0.25, 0.3) is 0 Å². The molecule has 0 aliphatic carbocycles. The van der Waals surface area contributed by atoms with E-state index >= 15 is 0 Å². The average Bonchev–Trinajstić information content (AvgIpc) is 4.12. The molecule has 0 radical (unpaired) electrons. The van der Waals surface area contributed by atoms with Crippen LogP contribution in [0.1, 0.15) is 145 Å². The zero-order chi connectivity index (χ0) is 46.9. The fourth-order valence-electron chi connectivity index (χ4n) is 5.28. The van der Waals surface area contributed by atoms with E-state index in [1.807, 2.05) is 27.7 Å². The van der Waals surface area contributed by atoms with Gasteiger partial charge in [0.05, 0.1) is 13.2 Å². The third-order valence-corrected chi connectivity index (χ3v) is 18.8. The minimum Gasteiger partial charge on any atom is -0.379 e. The Hall–Kier alpha value is -0.779. The first-order chi connectivity index (χ1) is 28.6. The summed E-state index contributed by atoms with van der Waals surface area (Å²) < 4.78 is 57.4. The molecule has 3 atom stereocenters. The predicted octanol–water partition coefficient (Wildman–Crippen LogP) is 9.54. The van der Waals surface area contributed by atoms with E-state index in [1.54, 1.807) is 64.0 Å². The highest BCUT2D eigenvalue weighted by atomic mass is 28.4. The molecule has 1 aliphatic heterocycles. The minimum atomic E-state index is -2.48. The fourth-order valence-corrected chi connectivity index (χ4v) is 10.5. The molecule has 0 amide bonds. The summed E-state index contributed by atoms with van der Waals surface area (Å²) in [5, 5.41) is 0. The summed E-state index contributed by atoms with van der Waals surface area (Å²) in [6.07, 6.45) is 13.0. The van der Waals surface area contributed by atoms with E-state index in [4.69, 9.17) is 49.3 Å². The summed E-state index contributed by atoms with van der Waals surface area (Å²) in [5.41, 5.74) is 0. The van der Waals surface area contributed by atoms with Crippen LogP contribution < -0.4 is 0 Å². The fraction of sp³-hybridized carbons (Fsp3) is 0.930. The molecule has 0 saturated carbocycles. The highest BCUT2D eigenvalue weighted by Gasteiger charge is 2.38. The number of hydrogen-bond donors (Lipinski definition) is 0. The Labute approximate surface area is 371 Å². The van der Waals surface area contributed by atoms with Gasteiger partial charge in [-0.1, -0.05) is 74.7 Å². The molecule has 14 nitrogen and oxygen atoms in total. The number of ether oxygens (including phenoxy) is 2. The van der Waals surface area contributed by atoms with Crippen LogP contribution in [0.3, 0.4) is 0 Å². The van der Waals surface area contributed by atoms with Gasteiger partial charge in [-0.2, -0.15) is 0 Å². The molecule has 0 aromatic rings. The molecule has 1 rings (SSSR count). The first kappa shape index (κ1) is 65.8. The Balaban J connectivity index is -0.000000333. The topological polar surface area (TPSA) is 156 Å². The number of unbranched alkanes of at least 4 members (excludes halogenated alkanes) is 2. The second-order valence-electron chi connectivity index (χ2n) is 14.7. The van der Waals surface area contributed by atoms with E-state index in [2.05, 4.69) is 27.7 Å². The van der Waals surface area contributed by atoms with Crippen molar-refractivity contribution in [3.63, 3.8) is 0 Å². The second kappa shape index (κ2) is 43.5. The molecule has 3 unspecified atom stereocenters. The quantitative estimate of drug-likeness (QED) is 0.0348. The van der Waals surface area contributed by atoms with Crippen molar-refractivity contribution in [2.45, 2.75) is 170 Å². The van der Waals surface area contributed by atoms with Crippen molar-refractivity contribution >= 4 is 43.8 Å². The molecule has 1 saturated heterocycles. The van der Waals surface area contributed by atoms with Crippen molar-refractivity contribution in [1.82, 2.24) is 0 Å². The zero-order valence-electron chi connectivity index (χ0n) is 41.6. The summed E-state index contributed by atoms with van der Waals surface area (Å²) in [7, 11) is 7.29. The van der Waals surface area contributed by atoms with Gasteiger partial charge in [0.2, 0.25) is 0 Å². The second-order valence-corrected chi connectivity index (χ2v) is 23.9. The van der Waals surface area contributed by atoms with Gasteiger partial charge >= 0.3 is 26.4 Å². The maximum absolute atomic E-state index is 11.6. The van der Waals surface area contributed by atoms with Crippen molar-refractivity contribution in [3.8, 4) is 0 Å². The molecule has 0 aromatic carbocycles. The number of hydrogen-bond acceptors (Lipinski definition) is 14. The zero-order valence-corrected chi connectivity index (χ0v) is 44.6. The summed E-state index contributed by atoms with van der Waals surface area (Å²) in [4.78, 5) is 34.0. The molecule has 1 fully saturated rings. The van der Waals surface area contributed by atoms with Gasteiger partial charge < -0.3 is 49.3 Å². The highest BCUT2D eigenvalue weighted by Crippen LogP contribution is 2.19. The third-order valence-electron chi connectivity index (χ3n) is 10.2. The summed E-state index contributed by atoms with van der Waals surface area (Å²) in [6, 6.07) is 2.28. The maximum atomic E-state index is 11.6. The molecule has 362 valence electrons. The van der Waals surface area contributed by atoms with Gasteiger partial charge in [-0.05, 0) is 44.9 Å². The van der Waals surface area contributed by atoms with E-state index < -0.39 is 26.4 Å². The smallest absolute Gasteiger partial charge is 0.379 e. The SMILES string of the molecule is CCC(C)C(=O)CCC[Si](OC)(OC)OC.CCCC(=O)CCC[Si](OC)(OC)OC.CCCCC(=O)C(C)CC.CCCCOCC1CO1.CCC[Si](OC)(OC)OC. The summed E-state index contributed by atoms with van der Waals surface area (Å²) >= 11 is 0. The van der Waals surface area contributed by atoms with Crippen molar-refractivity contribution in [2.75, 3.05) is 83.8 Å². The monoisotopic (exact) mass is 919 g/mol. The number of epoxide rings is 1. The van der Waals surface area contributed by atoms with Crippen molar-refractivity contribution in [3.05, 3.63) is 0 Å². The van der Waals surface area contributed by atoms with Gasteiger partial charge in [-0.3, -0.25) is 14.4 Å². The van der Waals surface area contributed by atoms with Gasteiger partial charge in [-0.15, -0.1) is 0 Å². The van der Waals surface area contributed by atoms with Crippen molar-refractivity contribution in [2.24, 2.45) is 11.8 Å². The molecule has 0 aromatic heterocycles. The number of ketones is 3. The molecule has 17 heteroatoms. The van der Waals surface area contributed by atoms with Crippen LogP contribution in [0.2, 0.25) is 18.1 Å². The Morgan fingerprint density at radius 1 is 0.500 bits per heavy atom. The standard InChI is InChI=1S/C11H24O4Si.C10H22O4Si.C9H18O.C7H14O2.C6H16O3Si/c1-6-10(2)11(12)8-7-9-16(13-3,14-4)15-5;1-5-7-10(11)8-6-9-15(12-2,13-3)14-4;1-4-6-7-9(10)8(3)5-2;1-2-3-4-8-5-7-6-9-7;1-5-6-10(7-2,8-3)9-4/h10H,6-9H2,1-5H3;5-9H2,1-4H3;8H,4-7H2,1-3H3;7H,2-6H2,1H3;5-6H2,1-4H3. The molecular formula is C43H94O14Si3. The van der Waals surface area contributed by atoms with Gasteiger partial charge in [0, 0.05) is 126 Å². The lowest BCUT2D eigenvalue weighted by Crippen LogP contribution is -2.42. The van der Waals surface area contributed by atoms with E-state index in [0.717, 1.165) is 83.7 Å². The predicted molar refractivity (Wildman–Crippen MR) is 247 cm³/mol. The van der Waals surface area contributed by atoms with E-state index in [9.17, 15) is 14.4 Å². The van der Waals surface area contributed by atoms with Crippen LogP contribution in [0, 0.1) is 11.8 Å². The van der Waals surface area contributed by atoms with Crippen molar-refractivity contribution < 1.29 is 63.7 Å². The first-order valence-corrected chi connectivity index (χ1v) is 28.1. The van der Waals surface area contributed by atoms with Crippen LogP contribution in [0.15, 0.2) is 0 Å². The molecular weight excluding hydrogens is 825 g/mol. The summed E-state index contributed by atoms with van der Waals surface area (Å²) in [6.45, 7) is 19.1. The molecule has 1 aliphatic rings. The lowest BCUT2D eigenvalue weighted by atomic mass is 9.99. The normalized spacial score (nSPS) is 14.4. The lowest BCUT2D eigenvalue weighted by molar-refractivity contribution is -0.123. The Bertz CT molecular complexity index is 954. The lowest BCUT2D eigenvalue weighted by Gasteiger charge is -2.24. The van der Waals surface area contributed by atoms with Crippen LogP contribution in [-0.4, -0.2) is 134 Å². The van der Waals surface area contributed by atoms with Crippen LogP contribution in [-0.2, 0) is 63.7 Å². The Kier molecular flexibility index (Phi) is 47.7. The molecule has 0 spiro atoms. The summed E-state index contributed by atoms with van der Waals surface area (Å²) in [5.74, 6) is 1.50. The van der Waals surface area contributed by atoms with Gasteiger partial charge in [-0.25, -0.2) is 0 Å². The third kappa shape index (κ3) is 34.7. The van der Waals surface area contributed by atoms with Crippen LogP contribution in [0.5, 0.6) is 0 Å². The molecule has 60 heavy (non-hydrogen) atoms. The number of Topliss-reactive ketones (excluding diaryl/α,β-unsaturated/α-hetero) is 3. The number of carbonyl (C=O) groups is 3. The molecule has 0 bridgehead atoms. The van der Waals surface area contributed by atoms with E-state index in [0.29, 0.717) is 54.8 Å². The largest absolute Gasteiger partial charge is 0.500 e. The maximum Gasteiger partial charge on any atom is 0.500 e. The van der Waals surface area contributed by atoms with Gasteiger partial charge in [0.15, 0.2) is 0 Å². The average molecular weight is 919 g/mol. The Morgan fingerprint density at radius 2 is 0.867 bits per heavy atom. The van der Waals surface area contributed by atoms with Crippen molar-refractivity contribution in [1.29, 1.82) is 0 Å².